The molecule has 0 bridgehead atoms. The van der Waals surface area contributed by atoms with Crippen LogP contribution < -0.4 is 11.1 Å². The number of nitrogens with zero attached hydrogens (tertiary/aromatic N) is 1. The van der Waals surface area contributed by atoms with Crippen LogP contribution in [-0.4, -0.2) is 29.1 Å². The van der Waals surface area contributed by atoms with Crippen LogP contribution in [0.4, 0.5) is 5.00 Å². The van der Waals surface area contributed by atoms with Gasteiger partial charge in [0.15, 0.2) is 5.01 Å². The first kappa shape index (κ1) is 9.94. The normalized spacial score (nSPS) is 10.0. The number of hydrogen-bond acceptors (Lipinski definition) is 5. The van der Waals surface area contributed by atoms with E-state index in [0.29, 0.717) is 15.7 Å². The van der Waals surface area contributed by atoms with E-state index in [4.69, 9.17) is 10.8 Å². The van der Waals surface area contributed by atoms with Gasteiger partial charge >= 0.3 is 0 Å². The number of aryl methyl sites for hydroxylation is 1. The van der Waals surface area contributed by atoms with Gasteiger partial charge in [0.05, 0.1) is 12.3 Å². The first-order valence-electron chi connectivity index (χ1n) is 3.77. The maximum absolute atomic E-state index is 11.2. The first-order chi connectivity index (χ1) is 6.15. The fraction of sp³-hybridized carbons (Fsp3) is 0.429. The Morgan fingerprint density at radius 3 is 2.92 bits per heavy atom. The number of rotatable bonds is 3. The molecule has 0 atom stereocenters. The van der Waals surface area contributed by atoms with E-state index in [-0.39, 0.29) is 19.1 Å². The van der Waals surface area contributed by atoms with Crippen LogP contribution in [0.5, 0.6) is 0 Å². The molecule has 1 rings (SSSR count). The molecule has 0 radical (unpaired) electrons. The number of hydrogen-bond donors (Lipinski definition) is 3. The van der Waals surface area contributed by atoms with E-state index < -0.39 is 0 Å². The molecule has 0 aromatic carbocycles. The van der Waals surface area contributed by atoms with Crippen molar-refractivity contribution in [3.8, 4) is 0 Å². The van der Waals surface area contributed by atoms with Crippen molar-refractivity contribution < 1.29 is 9.90 Å². The molecule has 72 valence electrons. The van der Waals surface area contributed by atoms with Crippen LogP contribution in [0, 0.1) is 6.92 Å². The van der Waals surface area contributed by atoms with Crippen LogP contribution in [0.3, 0.4) is 0 Å². The molecular weight excluding hydrogens is 190 g/mol. The Morgan fingerprint density at radius 2 is 2.46 bits per heavy atom. The summed E-state index contributed by atoms with van der Waals surface area (Å²) < 4.78 is 0. The third-order valence-corrected chi connectivity index (χ3v) is 2.41. The number of aliphatic hydroxyl groups is 1. The number of aliphatic hydroxyl groups excluding tert-OH is 1. The molecule has 0 fully saturated rings. The Labute approximate surface area is 79.6 Å². The molecule has 5 nitrogen and oxygen atoms in total. The first-order valence-corrected chi connectivity index (χ1v) is 4.58. The third-order valence-electron chi connectivity index (χ3n) is 1.42. The zero-order chi connectivity index (χ0) is 9.84. The highest BCUT2D eigenvalue weighted by atomic mass is 32.1. The summed E-state index contributed by atoms with van der Waals surface area (Å²) in [6.45, 7) is 1.90. The molecule has 0 saturated heterocycles. The van der Waals surface area contributed by atoms with Crippen LogP contribution in [0.15, 0.2) is 0 Å². The minimum absolute atomic E-state index is 0.0778. The van der Waals surface area contributed by atoms with Gasteiger partial charge in [-0.3, -0.25) is 4.79 Å². The van der Waals surface area contributed by atoms with Gasteiger partial charge in [-0.25, -0.2) is 4.98 Å². The van der Waals surface area contributed by atoms with Crippen LogP contribution in [0.1, 0.15) is 15.5 Å². The topological polar surface area (TPSA) is 88.2 Å². The van der Waals surface area contributed by atoms with Gasteiger partial charge in [-0.2, -0.15) is 0 Å². The summed E-state index contributed by atoms with van der Waals surface area (Å²) >= 11 is 1.15. The number of carbonyl (C=O) groups is 1. The Kier molecular flexibility index (Phi) is 3.21. The molecule has 0 aliphatic rings. The number of amides is 1. The number of thiazole rings is 1. The summed E-state index contributed by atoms with van der Waals surface area (Å²) in [6.07, 6.45) is 0. The molecule has 0 spiro atoms. The fourth-order valence-corrected chi connectivity index (χ4v) is 1.50. The van der Waals surface area contributed by atoms with Crippen molar-refractivity contribution in [2.45, 2.75) is 6.92 Å². The van der Waals surface area contributed by atoms with Crippen molar-refractivity contribution in [1.29, 1.82) is 0 Å². The van der Waals surface area contributed by atoms with Crippen molar-refractivity contribution in [3.05, 3.63) is 10.7 Å². The van der Waals surface area contributed by atoms with E-state index in [1.54, 1.807) is 6.92 Å². The summed E-state index contributed by atoms with van der Waals surface area (Å²) in [5.41, 5.74) is 6.20. The summed E-state index contributed by atoms with van der Waals surface area (Å²) in [5.74, 6) is -0.293. The molecule has 13 heavy (non-hydrogen) atoms. The number of nitrogens with one attached hydrogen (secondary N) is 1. The van der Waals surface area contributed by atoms with Gasteiger partial charge in [0.25, 0.3) is 5.91 Å². The van der Waals surface area contributed by atoms with E-state index in [9.17, 15) is 4.79 Å². The average molecular weight is 201 g/mol. The summed E-state index contributed by atoms with van der Waals surface area (Å²) in [4.78, 5) is 15.2. The Morgan fingerprint density at radius 1 is 1.77 bits per heavy atom. The average Bonchev–Trinajstić information content (AvgIpc) is 2.43. The highest BCUT2D eigenvalue weighted by Crippen LogP contribution is 2.19. The molecule has 1 aromatic heterocycles. The van der Waals surface area contributed by atoms with Gasteiger partial charge in [0.2, 0.25) is 0 Å². The lowest BCUT2D eigenvalue weighted by Crippen LogP contribution is -2.26. The van der Waals surface area contributed by atoms with Crippen molar-refractivity contribution in [2.24, 2.45) is 0 Å². The highest BCUT2D eigenvalue weighted by Gasteiger charge is 2.11. The van der Waals surface area contributed by atoms with Gasteiger partial charge in [-0.15, -0.1) is 0 Å². The second-order valence-electron chi connectivity index (χ2n) is 2.45. The molecule has 4 N–H and O–H groups in total. The van der Waals surface area contributed by atoms with Crippen LogP contribution in [0.2, 0.25) is 0 Å². The van der Waals surface area contributed by atoms with Gasteiger partial charge in [-0.05, 0) is 6.92 Å². The summed E-state index contributed by atoms with van der Waals surface area (Å²) in [7, 11) is 0. The Hall–Kier alpha value is -1.14. The maximum Gasteiger partial charge on any atom is 0.280 e. The van der Waals surface area contributed by atoms with Crippen LogP contribution in [0.25, 0.3) is 0 Å². The largest absolute Gasteiger partial charge is 0.395 e. The molecule has 0 unspecified atom stereocenters. The molecular formula is C7H11N3O2S. The number of anilines is 1. The summed E-state index contributed by atoms with van der Waals surface area (Å²) in [6, 6.07) is 0. The molecule has 1 heterocycles. The van der Waals surface area contributed by atoms with Gasteiger partial charge in [-0.1, -0.05) is 11.3 Å². The lowest BCUT2D eigenvalue weighted by atomic mass is 10.5. The van der Waals surface area contributed by atoms with Crippen molar-refractivity contribution >= 4 is 22.2 Å². The predicted octanol–water partition coefficient (Wildman–Crippen LogP) is -0.244. The van der Waals surface area contributed by atoms with Gasteiger partial charge < -0.3 is 16.2 Å². The minimum atomic E-state index is -0.293. The molecule has 1 aromatic rings. The smallest absolute Gasteiger partial charge is 0.280 e. The highest BCUT2D eigenvalue weighted by molar-refractivity contribution is 7.17. The van der Waals surface area contributed by atoms with Crippen molar-refractivity contribution in [2.75, 3.05) is 18.9 Å². The number of nitrogen functional groups attached to an aromatic ring is 1. The van der Waals surface area contributed by atoms with E-state index in [0.717, 1.165) is 11.3 Å². The van der Waals surface area contributed by atoms with E-state index in [1.165, 1.54) is 0 Å². The van der Waals surface area contributed by atoms with Crippen LogP contribution in [-0.2, 0) is 0 Å². The maximum atomic E-state index is 11.2. The third kappa shape index (κ3) is 2.40. The molecule has 6 heteroatoms. The number of carbonyl (C=O) groups excluding carboxylic acids is 1. The van der Waals surface area contributed by atoms with E-state index in [2.05, 4.69) is 10.3 Å². The fourth-order valence-electron chi connectivity index (χ4n) is 0.750. The lowest BCUT2D eigenvalue weighted by Gasteiger charge is -1.97. The number of aromatic nitrogens is 1. The summed E-state index contributed by atoms with van der Waals surface area (Å²) in [5, 5.41) is 11.8. The second-order valence-corrected chi connectivity index (χ2v) is 3.48. The molecule has 0 aliphatic carbocycles. The number of nitrogens with two attached hydrogens (primary N) is 1. The van der Waals surface area contributed by atoms with Crippen molar-refractivity contribution in [3.63, 3.8) is 0 Å². The minimum Gasteiger partial charge on any atom is -0.395 e. The van der Waals surface area contributed by atoms with Gasteiger partial charge in [0.1, 0.15) is 5.00 Å². The standard InChI is InChI=1S/C7H11N3O2S/c1-4-5(8)13-7(10-4)6(12)9-2-3-11/h11H,2-3,8H2,1H3,(H,9,12). The predicted molar refractivity (Wildman–Crippen MR) is 50.7 cm³/mol. The molecule has 1 amide bonds. The van der Waals surface area contributed by atoms with E-state index in [1.807, 2.05) is 0 Å². The zero-order valence-electron chi connectivity index (χ0n) is 7.20. The van der Waals surface area contributed by atoms with Crippen LogP contribution >= 0.6 is 11.3 Å². The SMILES string of the molecule is Cc1nc(C(=O)NCCO)sc1N. The molecule has 0 saturated carbocycles. The Bertz CT molecular complexity index is 291. The van der Waals surface area contributed by atoms with Crippen molar-refractivity contribution in [1.82, 2.24) is 10.3 Å². The van der Waals surface area contributed by atoms with Gasteiger partial charge in [0, 0.05) is 6.54 Å². The van der Waals surface area contributed by atoms with E-state index >= 15 is 0 Å². The monoisotopic (exact) mass is 201 g/mol. The Balaban J connectivity index is 2.66. The quantitative estimate of drug-likeness (QED) is 0.629. The zero-order valence-corrected chi connectivity index (χ0v) is 8.02. The second kappa shape index (κ2) is 4.20. The lowest BCUT2D eigenvalue weighted by molar-refractivity contribution is 0.0944. The molecule has 0 aliphatic heterocycles.